The van der Waals surface area contributed by atoms with Crippen LogP contribution in [0.3, 0.4) is 0 Å². The summed E-state index contributed by atoms with van der Waals surface area (Å²) >= 11 is 3.25. The number of thioether (sulfide) groups is 2. The second-order valence-electron chi connectivity index (χ2n) is 3.46. The Kier molecular flexibility index (Phi) is 3.47. The fraction of sp³-hybridized carbons (Fsp3) is 0.364. The van der Waals surface area contributed by atoms with Crippen molar-refractivity contribution >= 4 is 29.5 Å². The predicted octanol–water partition coefficient (Wildman–Crippen LogP) is 2.01. The van der Waals surface area contributed by atoms with Gasteiger partial charge in [0.2, 0.25) is 0 Å². The third-order valence-corrected chi connectivity index (χ3v) is 5.94. The molecular formula is C11H12O3S2. The van der Waals surface area contributed by atoms with Crippen LogP contribution in [0.4, 0.5) is 0 Å². The summed E-state index contributed by atoms with van der Waals surface area (Å²) in [6, 6.07) is 6.92. The Hall–Kier alpha value is -0.650. The average molecular weight is 256 g/mol. The number of hydrogen-bond acceptors (Lipinski definition) is 4. The second-order valence-corrected chi connectivity index (χ2v) is 6.50. The molecule has 2 N–H and O–H groups in total. The first-order chi connectivity index (χ1) is 7.69. The number of aromatic carboxylic acids is 1. The molecule has 0 aromatic heterocycles. The van der Waals surface area contributed by atoms with Gasteiger partial charge in [-0.2, -0.15) is 0 Å². The summed E-state index contributed by atoms with van der Waals surface area (Å²) in [5.41, 5.74) is 1.01. The fourth-order valence-electron chi connectivity index (χ4n) is 1.79. The number of carbonyl (C=O) groups is 1. The minimum absolute atomic E-state index is 0.0351. The van der Waals surface area contributed by atoms with E-state index in [4.69, 9.17) is 5.11 Å². The van der Waals surface area contributed by atoms with Crippen LogP contribution in [0.1, 0.15) is 15.9 Å². The minimum atomic E-state index is -0.934. The summed E-state index contributed by atoms with van der Waals surface area (Å²) in [7, 11) is 0. The van der Waals surface area contributed by atoms with Gasteiger partial charge in [-0.1, -0.05) is 18.2 Å². The van der Waals surface area contributed by atoms with Crippen LogP contribution < -0.4 is 0 Å². The Morgan fingerprint density at radius 1 is 1.31 bits per heavy atom. The van der Waals surface area contributed by atoms with Crippen LogP contribution in [0.15, 0.2) is 24.3 Å². The Morgan fingerprint density at radius 2 is 1.94 bits per heavy atom. The molecule has 1 aliphatic heterocycles. The van der Waals surface area contributed by atoms with Crippen molar-refractivity contribution in [2.45, 2.75) is 4.08 Å². The number of rotatable bonds is 3. The molecule has 1 fully saturated rings. The third kappa shape index (κ3) is 1.95. The molecule has 86 valence electrons. The molecule has 0 unspecified atom stereocenters. The normalized spacial score (nSPS) is 18.6. The largest absolute Gasteiger partial charge is 0.478 e. The van der Waals surface area contributed by atoms with Crippen molar-refractivity contribution < 1.29 is 15.0 Å². The maximum absolute atomic E-state index is 11.1. The Bertz CT molecular complexity index is 400. The van der Waals surface area contributed by atoms with Gasteiger partial charge in [0.05, 0.1) is 12.2 Å². The predicted molar refractivity (Wildman–Crippen MR) is 67.1 cm³/mol. The number of carboxylic acid groups (broad SMARTS) is 1. The van der Waals surface area contributed by atoms with E-state index in [1.807, 2.05) is 6.07 Å². The molecule has 16 heavy (non-hydrogen) atoms. The van der Waals surface area contributed by atoms with E-state index in [0.717, 1.165) is 17.1 Å². The molecule has 0 bridgehead atoms. The van der Waals surface area contributed by atoms with Gasteiger partial charge in [0.25, 0.3) is 0 Å². The number of aliphatic hydroxyl groups excluding tert-OH is 1. The zero-order valence-electron chi connectivity index (χ0n) is 8.55. The molecule has 1 heterocycles. The highest BCUT2D eigenvalue weighted by Crippen LogP contribution is 2.52. The maximum atomic E-state index is 11.1. The summed E-state index contributed by atoms with van der Waals surface area (Å²) in [5, 5.41) is 18.7. The fourth-order valence-corrected chi connectivity index (χ4v) is 4.80. The van der Waals surface area contributed by atoms with E-state index in [0.29, 0.717) is 5.56 Å². The van der Waals surface area contributed by atoms with Crippen molar-refractivity contribution in [2.75, 3.05) is 18.1 Å². The van der Waals surface area contributed by atoms with Crippen molar-refractivity contribution in [1.29, 1.82) is 0 Å². The molecule has 0 amide bonds. The molecule has 1 aromatic rings. The van der Waals surface area contributed by atoms with Crippen LogP contribution in [-0.4, -0.2) is 34.3 Å². The molecule has 0 aliphatic carbocycles. The lowest BCUT2D eigenvalue weighted by atomic mass is 10.0. The number of aliphatic hydroxyl groups is 1. The van der Waals surface area contributed by atoms with E-state index in [1.54, 1.807) is 41.7 Å². The molecule has 1 aromatic carbocycles. The zero-order chi connectivity index (χ0) is 11.6. The first-order valence-electron chi connectivity index (χ1n) is 4.91. The molecule has 0 spiro atoms. The van der Waals surface area contributed by atoms with E-state index in [-0.39, 0.29) is 6.61 Å². The van der Waals surface area contributed by atoms with Gasteiger partial charge in [0, 0.05) is 11.5 Å². The standard InChI is InChI=1S/C11H12O3S2/c12-7-11(15-5-6-16-11)9-4-2-1-3-8(9)10(13)14/h1-4,12H,5-7H2,(H,13,14). The highest BCUT2D eigenvalue weighted by molar-refractivity contribution is 8.20. The smallest absolute Gasteiger partial charge is 0.336 e. The Balaban J connectivity index is 2.49. The highest BCUT2D eigenvalue weighted by atomic mass is 32.2. The number of hydrogen-bond donors (Lipinski definition) is 2. The van der Waals surface area contributed by atoms with Crippen molar-refractivity contribution in [3.63, 3.8) is 0 Å². The topological polar surface area (TPSA) is 57.5 Å². The molecule has 1 saturated heterocycles. The summed E-state index contributed by atoms with van der Waals surface area (Å²) < 4.78 is -0.491. The van der Waals surface area contributed by atoms with E-state index >= 15 is 0 Å². The van der Waals surface area contributed by atoms with Gasteiger partial charge in [-0.25, -0.2) is 4.79 Å². The van der Waals surface area contributed by atoms with Crippen LogP contribution in [0, 0.1) is 0 Å². The first kappa shape index (κ1) is 11.8. The van der Waals surface area contributed by atoms with E-state index in [1.165, 1.54) is 0 Å². The lowest BCUT2D eigenvalue weighted by molar-refractivity contribution is 0.0695. The quantitative estimate of drug-likeness (QED) is 0.866. The van der Waals surface area contributed by atoms with Crippen LogP contribution in [0.2, 0.25) is 0 Å². The Morgan fingerprint density at radius 3 is 2.50 bits per heavy atom. The molecule has 0 atom stereocenters. The summed E-state index contributed by atoms with van der Waals surface area (Å²) in [4.78, 5) is 11.1. The highest BCUT2D eigenvalue weighted by Gasteiger charge is 2.39. The van der Waals surface area contributed by atoms with Crippen LogP contribution in [0.25, 0.3) is 0 Å². The van der Waals surface area contributed by atoms with E-state index < -0.39 is 10.0 Å². The van der Waals surface area contributed by atoms with Crippen LogP contribution >= 0.6 is 23.5 Å². The van der Waals surface area contributed by atoms with Gasteiger partial charge in [-0.3, -0.25) is 0 Å². The monoisotopic (exact) mass is 256 g/mol. The van der Waals surface area contributed by atoms with E-state index in [9.17, 15) is 9.90 Å². The number of carboxylic acids is 1. The first-order valence-corrected chi connectivity index (χ1v) is 6.88. The third-order valence-electron chi connectivity index (χ3n) is 2.53. The second kappa shape index (κ2) is 4.69. The van der Waals surface area contributed by atoms with Crippen molar-refractivity contribution in [3.05, 3.63) is 35.4 Å². The molecule has 5 heteroatoms. The van der Waals surface area contributed by atoms with Crippen LogP contribution in [0.5, 0.6) is 0 Å². The Labute approximate surface area is 102 Å². The zero-order valence-corrected chi connectivity index (χ0v) is 10.2. The average Bonchev–Trinajstić information content (AvgIpc) is 2.78. The molecule has 2 rings (SSSR count). The molecule has 0 saturated carbocycles. The van der Waals surface area contributed by atoms with Gasteiger partial charge < -0.3 is 10.2 Å². The van der Waals surface area contributed by atoms with Gasteiger partial charge in [0.1, 0.15) is 4.08 Å². The van der Waals surface area contributed by atoms with Crippen molar-refractivity contribution in [1.82, 2.24) is 0 Å². The maximum Gasteiger partial charge on any atom is 0.336 e. The van der Waals surface area contributed by atoms with Gasteiger partial charge in [-0.05, 0) is 11.6 Å². The lowest BCUT2D eigenvalue weighted by Gasteiger charge is -2.26. The van der Waals surface area contributed by atoms with Crippen molar-refractivity contribution in [3.8, 4) is 0 Å². The number of benzene rings is 1. The molecule has 1 aliphatic rings. The summed E-state index contributed by atoms with van der Waals surface area (Å²) in [6.45, 7) is -0.0351. The van der Waals surface area contributed by atoms with Crippen molar-refractivity contribution in [2.24, 2.45) is 0 Å². The molecule has 3 nitrogen and oxygen atoms in total. The van der Waals surface area contributed by atoms with Gasteiger partial charge in [0.15, 0.2) is 0 Å². The van der Waals surface area contributed by atoms with E-state index in [2.05, 4.69) is 0 Å². The minimum Gasteiger partial charge on any atom is -0.478 e. The van der Waals surface area contributed by atoms with Gasteiger partial charge >= 0.3 is 5.97 Å². The molecular weight excluding hydrogens is 244 g/mol. The van der Waals surface area contributed by atoms with Crippen LogP contribution in [-0.2, 0) is 4.08 Å². The SMILES string of the molecule is O=C(O)c1ccccc1C1(CO)SCCS1. The summed E-state index contributed by atoms with van der Waals surface area (Å²) in [6.07, 6.45) is 0. The molecule has 0 radical (unpaired) electrons. The summed E-state index contributed by atoms with van der Waals surface area (Å²) in [5.74, 6) is 0.953. The van der Waals surface area contributed by atoms with Gasteiger partial charge in [-0.15, -0.1) is 23.5 Å². The lowest BCUT2D eigenvalue weighted by Crippen LogP contribution is -2.23.